The standard InChI is InChI=1S/C8H14O4Si/c1-13(2)8(6-4-10-6)11-7(12-13)5-3-9-5/h5-8H,3-4H2,1-2H3. The molecule has 0 aromatic heterocycles. The lowest BCUT2D eigenvalue weighted by atomic mass is 10.4. The minimum atomic E-state index is -1.68. The van der Waals surface area contributed by atoms with E-state index in [1.807, 2.05) is 0 Å². The first-order chi connectivity index (χ1) is 6.17. The Labute approximate surface area is 78.2 Å². The van der Waals surface area contributed by atoms with Gasteiger partial charge < -0.3 is 18.6 Å². The van der Waals surface area contributed by atoms with Crippen molar-refractivity contribution in [3.8, 4) is 0 Å². The predicted octanol–water partition coefficient (Wildman–Crippen LogP) is 0.270. The van der Waals surface area contributed by atoms with Crippen molar-refractivity contribution in [2.75, 3.05) is 13.2 Å². The van der Waals surface area contributed by atoms with Gasteiger partial charge in [0.05, 0.1) is 13.2 Å². The van der Waals surface area contributed by atoms with Gasteiger partial charge in [-0.2, -0.15) is 0 Å². The molecular weight excluding hydrogens is 188 g/mol. The van der Waals surface area contributed by atoms with E-state index >= 15 is 0 Å². The summed E-state index contributed by atoms with van der Waals surface area (Å²) in [6.07, 6.45) is 0.372. The normalized spacial score (nSPS) is 52.2. The fourth-order valence-electron chi connectivity index (χ4n) is 1.84. The molecule has 0 aliphatic carbocycles. The maximum Gasteiger partial charge on any atom is 0.222 e. The van der Waals surface area contributed by atoms with Crippen LogP contribution in [0.1, 0.15) is 0 Å². The second-order valence-corrected chi connectivity index (χ2v) is 8.40. The van der Waals surface area contributed by atoms with Crippen LogP contribution in [0.2, 0.25) is 13.1 Å². The molecule has 3 heterocycles. The lowest BCUT2D eigenvalue weighted by Gasteiger charge is -2.18. The number of hydrogen-bond acceptors (Lipinski definition) is 4. The number of epoxide rings is 2. The van der Waals surface area contributed by atoms with Gasteiger partial charge in [0.15, 0.2) is 6.29 Å². The van der Waals surface area contributed by atoms with E-state index in [0.29, 0.717) is 6.10 Å². The van der Waals surface area contributed by atoms with Crippen LogP contribution in [0, 0.1) is 0 Å². The number of rotatable bonds is 2. The van der Waals surface area contributed by atoms with E-state index in [-0.39, 0.29) is 18.1 Å². The molecule has 3 fully saturated rings. The minimum absolute atomic E-state index is 0.115. The summed E-state index contributed by atoms with van der Waals surface area (Å²) in [5.41, 5.74) is 0.210. The molecule has 3 aliphatic heterocycles. The van der Waals surface area contributed by atoms with Gasteiger partial charge in [-0.05, 0) is 13.1 Å². The summed E-state index contributed by atoms with van der Waals surface area (Å²) in [5.74, 6) is 0. The third-order valence-electron chi connectivity index (χ3n) is 2.75. The smallest absolute Gasteiger partial charge is 0.222 e. The Morgan fingerprint density at radius 3 is 2.23 bits per heavy atom. The molecule has 0 aromatic carbocycles. The Morgan fingerprint density at radius 1 is 1.08 bits per heavy atom. The first-order valence-corrected chi connectivity index (χ1v) is 7.72. The molecule has 13 heavy (non-hydrogen) atoms. The molecule has 4 unspecified atom stereocenters. The average molecular weight is 202 g/mol. The van der Waals surface area contributed by atoms with Crippen LogP contribution in [0.25, 0.3) is 0 Å². The molecule has 3 rings (SSSR count). The fraction of sp³-hybridized carbons (Fsp3) is 1.00. The van der Waals surface area contributed by atoms with Crippen LogP contribution in [0.5, 0.6) is 0 Å². The van der Waals surface area contributed by atoms with Crippen LogP contribution >= 0.6 is 0 Å². The zero-order chi connectivity index (χ0) is 9.05. The molecular formula is C8H14O4Si. The molecule has 5 heteroatoms. The van der Waals surface area contributed by atoms with Crippen molar-refractivity contribution < 1.29 is 18.6 Å². The molecule has 74 valence electrons. The summed E-state index contributed by atoms with van der Waals surface area (Å²) < 4.78 is 22.1. The second-order valence-electron chi connectivity index (χ2n) is 4.39. The largest absolute Gasteiger partial charge is 0.388 e. The third kappa shape index (κ3) is 1.44. The Kier molecular flexibility index (Phi) is 1.64. The van der Waals surface area contributed by atoms with Gasteiger partial charge in [0, 0.05) is 0 Å². The van der Waals surface area contributed by atoms with Crippen molar-refractivity contribution in [1.82, 2.24) is 0 Å². The molecule has 0 N–H and O–H groups in total. The van der Waals surface area contributed by atoms with E-state index in [0.717, 1.165) is 13.2 Å². The molecule has 0 radical (unpaired) electrons. The summed E-state index contributed by atoms with van der Waals surface area (Å²) in [5, 5.41) is 0. The van der Waals surface area contributed by atoms with E-state index in [2.05, 4.69) is 13.1 Å². The minimum Gasteiger partial charge on any atom is -0.388 e. The molecule has 0 spiro atoms. The lowest BCUT2D eigenvalue weighted by Crippen LogP contribution is -2.42. The van der Waals surface area contributed by atoms with Crippen molar-refractivity contribution in [2.45, 2.75) is 37.3 Å². The van der Waals surface area contributed by atoms with Crippen molar-refractivity contribution >= 4 is 8.32 Å². The maximum atomic E-state index is 5.90. The van der Waals surface area contributed by atoms with Gasteiger partial charge in [0.25, 0.3) is 0 Å². The summed E-state index contributed by atoms with van der Waals surface area (Å²) in [6, 6.07) is 0. The quantitative estimate of drug-likeness (QED) is 0.476. The SMILES string of the molecule is C[Si]1(C)OC(C2CO2)OC1C1CO1. The summed E-state index contributed by atoms with van der Waals surface area (Å²) in [4.78, 5) is 0. The summed E-state index contributed by atoms with van der Waals surface area (Å²) in [6.45, 7) is 5.99. The van der Waals surface area contributed by atoms with E-state index in [9.17, 15) is 0 Å². The van der Waals surface area contributed by atoms with Gasteiger partial charge in [-0.15, -0.1) is 0 Å². The van der Waals surface area contributed by atoms with E-state index in [4.69, 9.17) is 18.6 Å². The molecule has 0 aromatic rings. The molecule has 0 amide bonds. The highest BCUT2D eigenvalue weighted by atomic mass is 28.4. The summed E-state index contributed by atoms with van der Waals surface area (Å²) in [7, 11) is -1.68. The molecule has 0 saturated carbocycles. The van der Waals surface area contributed by atoms with Crippen LogP contribution in [0.15, 0.2) is 0 Å². The van der Waals surface area contributed by atoms with Gasteiger partial charge in [-0.25, -0.2) is 0 Å². The van der Waals surface area contributed by atoms with Crippen LogP contribution in [0.4, 0.5) is 0 Å². The Morgan fingerprint density at radius 2 is 1.69 bits per heavy atom. The molecule has 4 atom stereocenters. The molecule has 3 aliphatic rings. The first kappa shape index (κ1) is 8.37. The highest BCUT2D eigenvalue weighted by Gasteiger charge is 2.56. The molecule has 3 saturated heterocycles. The van der Waals surface area contributed by atoms with Crippen molar-refractivity contribution in [3.05, 3.63) is 0 Å². The summed E-state index contributed by atoms with van der Waals surface area (Å²) >= 11 is 0. The highest BCUT2D eigenvalue weighted by Crippen LogP contribution is 2.37. The molecule has 4 nitrogen and oxygen atoms in total. The van der Waals surface area contributed by atoms with Gasteiger partial charge in [0.1, 0.15) is 17.9 Å². The predicted molar refractivity (Wildman–Crippen MR) is 46.7 cm³/mol. The van der Waals surface area contributed by atoms with Gasteiger partial charge in [0.2, 0.25) is 8.32 Å². The van der Waals surface area contributed by atoms with Crippen LogP contribution < -0.4 is 0 Å². The monoisotopic (exact) mass is 202 g/mol. The second kappa shape index (κ2) is 2.55. The lowest BCUT2D eigenvalue weighted by molar-refractivity contribution is -0.0686. The first-order valence-electron chi connectivity index (χ1n) is 4.73. The Bertz CT molecular complexity index is 224. The Balaban J connectivity index is 1.72. The van der Waals surface area contributed by atoms with Crippen molar-refractivity contribution in [1.29, 1.82) is 0 Å². The maximum absolute atomic E-state index is 5.90. The topological polar surface area (TPSA) is 43.5 Å². The van der Waals surface area contributed by atoms with Crippen molar-refractivity contribution in [2.24, 2.45) is 0 Å². The fourth-order valence-corrected chi connectivity index (χ4v) is 4.33. The number of hydrogen-bond donors (Lipinski definition) is 0. The number of ether oxygens (including phenoxy) is 3. The highest BCUT2D eigenvalue weighted by molar-refractivity contribution is 6.73. The van der Waals surface area contributed by atoms with E-state index in [1.165, 1.54) is 0 Å². The zero-order valence-electron chi connectivity index (χ0n) is 7.86. The zero-order valence-corrected chi connectivity index (χ0v) is 8.86. The van der Waals surface area contributed by atoms with Gasteiger partial charge >= 0.3 is 0 Å². The van der Waals surface area contributed by atoms with E-state index in [1.54, 1.807) is 0 Å². The molecule has 0 bridgehead atoms. The van der Waals surface area contributed by atoms with Gasteiger partial charge in [-0.3, -0.25) is 0 Å². The van der Waals surface area contributed by atoms with Crippen molar-refractivity contribution in [3.63, 3.8) is 0 Å². The van der Waals surface area contributed by atoms with E-state index < -0.39 is 8.32 Å². The van der Waals surface area contributed by atoms with Crippen LogP contribution in [0.3, 0.4) is 0 Å². The average Bonchev–Trinajstić information content (AvgIpc) is 2.92. The Hall–Kier alpha value is 0.0569. The van der Waals surface area contributed by atoms with Crippen LogP contribution in [-0.4, -0.2) is 45.8 Å². The van der Waals surface area contributed by atoms with Crippen LogP contribution in [-0.2, 0) is 18.6 Å². The third-order valence-corrected chi connectivity index (χ3v) is 5.46. The van der Waals surface area contributed by atoms with Gasteiger partial charge in [-0.1, -0.05) is 0 Å².